The normalized spacial score (nSPS) is 16.7. The molecule has 3 heterocycles. The van der Waals surface area contributed by atoms with Gasteiger partial charge in [0.05, 0.1) is 16.9 Å². The Morgan fingerprint density at radius 2 is 2.07 bits per heavy atom. The molecule has 1 saturated heterocycles. The van der Waals surface area contributed by atoms with Gasteiger partial charge in [0.2, 0.25) is 0 Å². The standard InChI is InChI=1S/C23H24F2N4O/c1-3-16-6-4-5-11-29(16)23(30)18-13-26-22-17(9-7-14(2)27-22)21(18)28-20-12-15(24)8-10-19(20)25/h7-10,12-13,16H,3-6,11H2,1-2H3,(H,26,27,28)/t16-/m0/s1. The van der Waals surface area contributed by atoms with Crippen molar-refractivity contribution < 1.29 is 13.6 Å². The molecule has 5 nitrogen and oxygen atoms in total. The number of nitrogens with one attached hydrogen (secondary N) is 1. The SMILES string of the molecule is CC[C@H]1CCCCN1C(=O)c1cnc2nc(C)ccc2c1Nc1cc(F)ccc1F. The van der Waals surface area contributed by atoms with Crippen molar-refractivity contribution in [1.29, 1.82) is 0 Å². The minimum absolute atomic E-state index is 0.0391. The van der Waals surface area contributed by atoms with Crippen LogP contribution in [0.3, 0.4) is 0 Å². The Bertz CT molecular complexity index is 1100. The molecule has 1 aromatic carbocycles. The van der Waals surface area contributed by atoms with Crippen LogP contribution in [0.5, 0.6) is 0 Å². The van der Waals surface area contributed by atoms with Crippen LogP contribution in [0.1, 0.15) is 48.7 Å². The summed E-state index contributed by atoms with van der Waals surface area (Å²) in [6.07, 6.45) is 5.37. The lowest BCUT2D eigenvalue weighted by Crippen LogP contribution is -2.43. The lowest BCUT2D eigenvalue weighted by molar-refractivity contribution is 0.0609. The number of aromatic nitrogens is 2. The molecule has 1 atom stereocenters. The third-order valence-corrected chi connectivity index (χ3v) is 5.65. The van der Waals surface area contributed by atoms with Crippen LogP contribution in [0.4, 0.5) is 20.2 Å². The van der Waals surface area contributed by atoms with Gasteiger partial charge in [0, 0.05) is 35.9 Å². The molecule has 7 heteroatoms. The van der Waals surface area contributed by atoms with Crippen molar-refractivity contribution in [1.82, 2.24) is 14.9 Å². The molecular formula is C23H24F2N4O. The summed E-state index contributed by atoms with van der Waals surface area (Å²) in [7, 11) is 0. The second kappa shape index (κ2) is 8.34. The monoisotopic (exact) mass is 410 g/mol. The average Bonchev–Trinajstić information content (AvgIpc) is 2.75. The van der Waals surface area contributed by atoms with Crippen molar-refractivity contribution in [2.45, 2.75) is 45.6 Å². The molecule has 1 aliphatic rings. The quantitative estimate of drug-likeness (QED) is 0.629. The lowest BCUT2D eigenvalue weighted by atomic mass is 9.98. The van der Waals surface area contributed by atoms with E-state index in [-0.39, 0.29) is 17.6 Å². The molecule has 3 aromatic rings. The third-order valence-electron chi connectivity index (χ3n) is 5.65. The number of halogens is 2. The van der Waals surface area contributed by atoms with E-state index in [4.69, 9.17) is 0 Å². The number of anilines is 2. The molecule has 0 bridgehead atoms. The number of fused-ring (bicyclic) bond motifs is 1. The van der Waals surface area contributed by atoms with Crippen LogP contribution in [0.25, 0.3) is 11.0 Å². The number of hydrogen-bond donors (Lipinski definition) is 1. The van der Waals surface area contributed by atoms with E-state index in [1.165, 1.54) is 6.20 Å². The smallest absolute Gasteiger partial charge is 0.257 e. The number of amides is 1. The Labute approximate surface area is 174 Å². The summed E-state index contributed by atoms with van der Waals surface area (Å²) in [6.45, 7) is 4.59. The fraction of sp³-hybridized carbons (Fsp3) is 0.348. The minimum Gasteiger partial charge on any atom is -0.352 e. The number of likely N-dealkylation sites (tertiary alicyclic amines) is 1. The molecule has 1 fully saturated rings. The number of carbonyl (C=O) groups excluding carboxylic acids is 1. The molecule has 0 aliphatic carbocycles. The van der Waals surface area contributed by atoms with Gasteiger partial charge in [-0.05, 0) is 56.9 Å². The zero-order valence-corrected chi connectivity index (χ0v) is 17.1. The van der Waals surface area contributed by atoms with Gasteiger partial charge in [-0.1, -0.05) is 6.92 Å². The fourth-order valence-electron chi connectivity index (χ4n) is 4.04. The number of hydrogen-bond acceptors (Lipinski definition) is 4. The van der Waals surface area contributed by atoms with Crippen molar-refractivity contribution in [2.75, 3.05) is 11.9 Å². The summed E-state index contributed by atoms with van der Waals surface area (Å²) < 4.78 is 28.1. The Kier molecular flexibility index (Phi) is 5.61. The molecule has 0 spiro atoms. The largest absolute Gasteiger partial charge is 0.352 e. The predicted molar refractivity (Wildman–Crippen MR) is 113 cm³/mol. The van der Waals surface area contributed by atoms with Crippen LogP contribution in [0, 0.1) is 18.6 Å². The van der Waals surface area contributed by atoms with Crippen molar-refractivity contribution in [3.8, 4) is 0 Å². The summed E-state index contributed by atoms with van der Waals surface area (Å²) >= 11 is 0. The van der Waals surface area contributed by atoms with Gasteiger partial charge in [-0.2, -0.15) is 0 Å². The Hall–Kier alpha value is -3.09. The molecule has 1 aliphatic heterocycles. The minimum atomic E-state index is -0.607. The molecule has 0 unspecified atom stereocenters. The first-order valence-electron chi connectivity index (χ1n) is 10.3. The summed E-state index contributed by atoms with van der Waals surface area (Å²) in [5.74, 6) is -1.33. The number of pyridine rings is 2. The molecule has 156 valence electrons. The lowest BCUT2D eigenvalue weighted by Gasteiger charge is -2.35. The molecular weight excluding hydrogens is 386 g/mol. The highest BCUT2D eigenvalue weighted by molar-refractivity contribution is 6.07. The number of carbonyl (C=O) groups is 1. The highest BCUT2D eigenvalue weighted by Gasteiger charge is 2.29. The number of rotatable bonds is 4. The zero-order valence-electron chi connectivity index (χ0n) is 17.1. The summed E-state index contributed by atoms with van der Waals surface area (Å²) in [6, 6.07) is 6.96. The Morgan fingerprint density at radius 1 is 1.23 bits per heavy atom. The van der Waals surface area contributed by atoms with Crippen molar-refractivity contribution in [2.24, 2.45) is 0 Å². The van der Waals surface area contributed by atoms with Crippen molar-refractivity contribution in [3.63, 3.8) is 0 Å². The van der Waals surface area contributed by atoms with E-state index >= 15 is 0 Å². The maximum absolute atomic E-state index is 14.4. The first-order chi connectivity index (χ1) is 14.5. The van der Waals surface area contributed by atoms with Gasteiger partial charge >= 0.3 is 0 Å². The molecule has 4 rings (SSSR count). The number of benzene rings is 1. The molecule has 0 saturated carbocycles. The topological polar surface area (TPSA) is 58.1 Å². The first-order valence-corrected chi connectivity index (χ1v) is 10.3. The van der Waals surface area contributed by atoms with Gasteiger partial charge in [-0.15, -0.1) is 0 Å². The van der Waals surface area contributed by atoms with E-state index in [0.29, 0.717) is 28.8 Å². The predicted octanol–water partition coefficient (Wildman–Crippen LogP) is 5.36. The van der Waals surface area contributed by atoms with E-state index in [0.717, 1.165) is 49.6 Å². The van der Waals surface area contributed by atoms with Gasteiger partial charge in [0.1, 0.15) is 11.6 Å². The van der Waals surface area contributed by atoms with Crippen LogP contribution in [-0.4, -0.2) is 33.4 Å². The van der Waals surface area contributed by atoms with E-state index in [2.05, 4.69) is 22.2 Å². The molecule has 30 heavy (non-hydrogen) atoms. The van der Waals surface area contributed by atoms with E-state index in [9.17, 15) is 13.6 Å². The van der Waals surface area contributed by atoms with Crippen LogP contribution in [0.15, 0.2) is 36.5 Å². The van der Waals surface area contributed by atoms with E-state index in [1.807, 2.05) is 11.8 Å². The molecule has 1 amide bonds. The summed E-state index contributed by atoms with van der Waals surface area (Å²) in [5.41, 5.74) is 1.90. The number of piperidine rings is 1. The molecule has 1 N–H and O–H groups in total. The summed E-state index contributed by atoms with van der Waals surface area (Å²) in [4.78, 5) is 24.2. The molecule has 0 radical (unpaired) electrons. The highest BCUT2D eigenvalue weighted by atomic mass is 19.1. The van der Waals surface area contributed by atoms with Crippen LogP contribution >= 0.6 is 0 Å². The summed E-state index contributed by atoms with van der Waals surface area (Å²) in [5, 5.41) is 3.54. The Balaban J connectivity index is 1.84. The zero-order chi connectivity index (χ0) is 21.3. The maximum Gasteiger partial charge on any atom is 0.257 e. The van der Waals surface area contributed by atoms with Crippen LogP contribution in [-0.2, 0) is 0 Å². The van der Waals surface area contributed by atoms with Gasteiger partial charge in [-0.3, -0.25) is 4.79 Å². The number of aryl methyl sites for hydroxylation is 1. The second-order valence-electron chi connectivity index (χ2n) is 7.68. The third kappa shape index (κ3) is 3.84. The fourth-order valence-corrected chi connectivity index (χ4v) is 4.04. The second-order valence-corrected chi connectivity index (χ2v) is 7.68. The van der Waals surface area contributed by atoms with Crippen molar-refractivity contribution in [3.05, 3.63) is 59.4 Å². The van der Waals surface area contributed by atoms with Crippen LogP contribution < -0.4 is 5.32 Å². The van der Waals surface area contributed by atoms with E-state index < -0.39 is 11.6 Å². The van der Waals surface area contributed by atoms with E-state index in [1.54, 1.807) is 12.1 Å². The number of nitrogens with zero attached hydrogens (tertiary/aromatic N) is 3. The maximum atomic E-state index is 14.4. The van der Waals surface area contributed by atoms with Crippen molar-refractivity contribution >= 4 is 28.3 Å². The average molecular weight is 410 g/mol. The highest BCUT2D eigenvalue weighted by Crippen LogP contribution is 2.32. The first kappa shape index (κ1) is 20.2. The van der Waals surface area contributed by atoms with Gasteiger partial charge in [-0.25, -0.2) is 18.7 Å². The van der Waals surface area contributed by atoms with Gasteiger partial charge < -0.3 is 10.2 Å². The van der Waals surface area contributed by atoms with Gasteiger partial charge in [0.25, 0.3) is 5.91 Å². The molecule has 2 aromatic heterocycles. The Morgan fingerprint density at radius 3 is 2.87 bits per heavy atom. The van der Waals surface area contributed by atoms with Crippen LogP contribution in [0.2, 0.25) is 0 Å². The van der Waals surface area contributed by atoms with Gasteiger partial charge in [0.15, 0.2) is 5.65 Å².